The van der Waals surface area contributed by atoms with E-state index in [-0.39, 0.29) is 12.4 Å². The van der Waals surface area contributed by atoms with Crippen LogP contribution < -0.4 is 10.6 Å². The van der Waals surface area contributed by atoms with Crippen molar-refractivity contribution in [1.29, 1.82) is 0 Å². The van der Waals surface area contributed by atoms with Crippen LogP contribution in [0.2, 0.25) is 0 Å². The summed E-state index contributed by atoms with van der Waals surface area (Å²) in [5.74, 6) is 3.94. The van der Waals surface area contributed by atoms with Gasteiger partial charge in [0.05, 0.1) is 35.1 Å². The Kier molecular flexibility index (Phi) is 10.6. The second kappa shape index (κ2) is 16.1. The Morgan fingerprint density at radius 2 is 0.879 bits per heavy atom. The van der Waals surface area contributed by atoms with Crippen molar-refractivity contribution in [3.05, 3.63) is 91.1 Å². The van der Waals surface area contributed by atoms with Crippen LogP contribution in [-0.2, 0) is 0 Å². The minimum Gasteiger partial charge on any atom is -0.345 e. The number of H-pyrrole nitrogens is 3. The number of hydrogen-bond acceptors (Lipinski definition) is 8. The molecule has 5 N–H and O–H groups in total. The number of rotatable bonds is 6. The largest absolute Gasteiger partial charge is 0.345 e. The molecule has 1 saturated carbocycles. The van der Waals surface area contributed by atoms with E-state index in [2.05, 4.69) is 114 Å². The highest BCUT2D eigenvalue weighted by Crippen LogP contribution is 2.42. The van der Waals surface area contributed by atoms with Gasteiger partial charge >= 0.3 is 0 Å². The van der Waals surface area contributed by atoms with Crippen molar-refractivity contribution in [1.82, 2.24) is 68.7 Å². The summed E-state index contributed by atoms with van der Waals surface area (Å²) in [5.41, 5.74) is 13.0. The van der Waals surface area contributed by atoms with Gasteiger partial charge in [-0.3, -0.25) is 13.2 Å². The molecule has 12 rings (SSSR count). The zero-order valence-corrected chi connectivity index (χ0v) is 34.2. The smallest absolute Gasteiger partial charge is 0.156 e. The molecule has 2 aliphatic heterocycles. The molecule has 0 amide bonds. The maximum absolute atomic E-state index is 4.55. The molecule has 14 nitrogen and oxygen atoms in total. The molecule has 9 aromatic rings. The average molecular weight is 801 g/mol. The summed E-state index contributed by atoms with van der Waals surface area (Å²) in [7, 11) is 0. The molecule has 2 saturated heterocycles. The lowest BCUT2D eigenvalue weighted by molar-refractivity contribution is 0.461. The molecule has 3 aliphatic rings. The van der Waals surface area contributed by atoms with Gasteiger partial charge in [-0.1, -0.05) is 46.5 Å². The molecule has 3 unspecified atom stereocenters. The number of aromatic amines is 3. The Balaban J connectivity index is 0.000000112. The molecule has 15 heteroatoms. The predicted octanol–water partition coefficient (Wildman–Crippen LogP) is 7.77. The summed E-state index contributed by atoms with van der Waals surface area (Å²) < 4.78 is 6.79. The summed E-state index contributed by atoms with van der Waals surface area (Å²) >= 11 is 0. The van der Waals surface area contributed by atoms with Crippen molar-refractivity contribution in [3.8, 4) is 0 Å². The lowest BCUT2D eigenvalue weighted by Gasteiger charge is -2.17. The van der Waals surface area contributed by atoms with E-state index in [0.29, 0.717) is 29.6 Å². The van der Waals surface area contributed by atoms with Crippen molar-refractivity contribution in [3.63, 3.8) is 0 Å². The third-order valence-corrected chi connectivity index (χ3v) is 13.3. The van der Waals surface area contributed by atoms with Crippen molar-refractivity contribution in [2.75, 3.05) is 26.2 Å². The molecule has 0 radical (unpaired) electrons. The Hall–Kier alpha value is -5.31. The zero-order valence-electron chi connectivity index (χ0n) is 33.4. The number of aromatic nitrogens is 12. The second-order valence-corrected chi connectivity index (χ2v) is 16.1. The van der Waals surface area contributed by atoms with Crippen LogP contribution in [0.3, 0.4) is 0 Å². The van der Waals surface area contributed by atoms with Gasteiger partial charge in [0.15, 0.2) is 33.9 Å². The van der Waals surface area contributed by atoms with Crippen LogP contribution in [0, 0.1) is 17.8 Å². The van der Waals surface area contributed by atoms with Gasteiger partial charge < -0.3 is 25.6 Å². The Labute approximate surface area is 342 Å². The van der Waals surface area contributed by atoms with Gasteiger partial charge in [-0.15, -0.1) is 12.4 Å². The van der Waals surface area contributed by atoms with Crippen LogP contribution in [0.1, 0.15) is 94.1 Å². The maximum atomic E-state index is 4.55. The Bertz CT molecular complexity index is 2480. The van der Waals surface area contributed by atoms with E-state index in [4.69, 9.17) is 0 Å². The molecule has 58 heavy (non-hydrogen) atoms. The van der Waals surface area contributed by atoms with Crippen LogP contribution in [0.25, 0.3) is 50.4 Å². The summed E-state index contributed by atoms with van der Waals surface area (Å²) in [6.45, 7) is 11.1. The quantitative estimate of drug-likeness (QED) is 0.114. The second-order valence-electron chi connectivity index (χ2n) is 16.1. The highest BCUT2D eigenvalue weighted by Gasteiger charge is 2.32. The molecule has 6 atom stereocenters. The third-order valence-electron chi connectivity index (χ3n) is 13.3. The standard InChI is InChI=1S/C15H18N4.2C14H17N5.ClH/c1-2-10-4-3-5-11(10)13-8-17-14-9-18-15-12(19(13)14)6-7-16-15;2*1-2-9-5-15-6-10(9)12-7-17-13-8-18-14-11(19(12)13)3-4-16-14;/h6-11,16H,2-5H2,1H3;2*3-4,7-10,15-16H,2,5-6H2,1H3;1H/t10-,11?;2*9-,10?;/m111./s1. The predicted molar refractivity (Wildman–Crippen MR) is 231 cm³/mol. The van der Waals surface area contributed by atoms with E-state index in [0.717, 1.165) is 82.5 Å². The van der Waals surface area contributed by atoms with E-state index in [1.54, 1.807) is 0 Å². The van der Waals surface area contributed by atoms with E-state index in [1.165, 1.54) is 55.6 Å². The maximum Gasteiger partial charge on any atom is 0.156 e. The van der Waals surface area contributed by atoms with Crippen molar-refractivity contribution in [2.45, 2.75) is 77.0 Å². The van der Waals surface area contributed by atoms with Crippen molar-refractivity contribution < 1.29 is 0 Å². The topological polar surface area (TPSA) is 162 Å². The lowest BCUT2D eigenvalue weighted by atomic mass is 9.91. The average Bonchev–Trinajstić information content (AvgIpc) is 4.09. The minimum atomic E-state index is 0. The first kappa shape index (κ1) is 38.2. The molecule has 1 aliphatic carbocycles. The van der Waals surface area contributed by atoms with Gasteiger partial charge in [-0.25, -0.2) is 29.9 Å². The number of halogens is 1. The molecule has 9 aromatic heterocycles. The number of imidazole rings is 3. The van der Waals surface area contributed by atoms with Gasteiger partial charge in [-0.05, 0) is 61.9 Å². The van der Waals surface area contributed by atoms with Gasteiger partial charge in [0.1, 0.15) is 0 Å². The van der Waals surface area contributed by atoms with Crippen LogP contribution in [0.4, 0.5) is 0 Å². The molecule has 0 aromatic carbocycles. The van der Waals surface area contributed by atoms with Gasteiger partial charge in [0, 0.05) is 85.1 Å². The number of hydrogen-bond donors (Lipinski definition) is 5. The fourth-order valence-electron chi connectivity index (χ4n) is 10.2. The molecule has 302 valence electrons. The fourth-order valence-corrected chi connectivity index (χ4v) is 10.2. The SMILES string of the molecule is CC[C@@H]1CCCC1c1cnc2cnc3[nH]ccc3n12.CC[C@@H]1CNCC1c1cnc2cnc3[nH]ccc3n12.CC[C@@H]1CNCC1c1cnc2cnc3[nH]ccc3n12.Cl. The molecule has 11 heterocycles. The van der Waals surface area contributed by atoms with E-state index in [1.807, 2.05) is 49.6 Å². The third kappa shape index (κ3) is 6.51. The number of fused-ring (bicyclic) bond motifs is 9. The lowest BCUT2D eigenvalue weighted by Crippen LogP contribution is -2.12. The summed E-state index contributed by atoms with van der Waals surface area (Å²) in [5, 5.41) is 7.01. The van der Waals surface area contributed by atoms with Gasteiger partial charge in [-0.2, -0.15) is 0 Å². The minimum absolute atomic E-state index is 0. The molecule has 0 spiro atoms. The molecule has 0 bridgehead atoms. The molecular formula is C43H53ClN14. The number of nitrogens with one attached hydrogen (secondary N) is 5. The van der Waals surface area contributed by atoms with E-state index < -0.39 is 0 Å². The summed E-state index contributed by atoms with van der Waals surface area (Å²) in [4.78, 5) is 36.3. The van der Waals surface area contributed by atoms with Crippen molar-refractivity contribution >= 4 is 62.8 Å². The normalized spacial score (nSPS) is 23.2. The number of nitrogens with zero attached hydrogens (tertiary/aromatic N) is 9. The summed E-state index contributed by atoms with van der Waals surface area (Å²) in [6.07, 6.45) is 25.1. The van der Waals surface area contributed by atoms with Gasteiger partial charge in [0.2, 0.25) is 0 Å². The zero-order chi connectivity index (χ0) is 38.5. The monoisotopic (exact) mass is 800 g/mol. The van der Waals surface area contributed by atoms with Crippen LogP contribution in [0.5, 0.6) is 0 Å². The fraction of sp³-hybridized carbons (Fsp3) is 0.442. The van der Waals surface area contributed by atoms with Crippen molar-refractivity contribution in [2.24, 2.45) is 17.8 Å². The molecular weight excluding hydrogens is 748 g/mol. The molecule has 3 fully saturated rings. The van der Waals surface area contributed by atoms with E-state index >= 15 is 0 Å². The highest BCUT2D eigenvalue weighted by molar-refractivity contribution is 5.85. The first-order chi connectivity index (χ1) is 28.1. The van der Waals surface area contributed by atoms with Crippen LogP contribution in [-0.4, -0.2) is 84.2 Å². The van der Waals surface area contributed by atoms with E-state index in [9.17, 15) is 0 Å². The first-order valence-corrected chi connectivity index (χ1v) is 20.9. The Morgan fingerprint density at radius 1 is 0.483 bits per heavy atom. The Morgan fingerprint density at radius 3 is 1.28 bits per heavy atom. The van der Waals surface area contributed by atoms with Crippen LogP contribution >= 0.6 is 12.4 Å². The van der Waals surface area contributed by atoms with Crippen LogP contribution in [0.15, 0.2) is 74.0 Å². The first-order valence-electron chi connectivity index (χ1n) is 20.9. The highest BCUT2D eigenvalue weighted by atomic mass is 35.5. The summed E-state index contributed by atoms with van der Waals surface area (Å²) in [6, 6.07) is 6.24. The van der Waals surface area contributed by atoms with Gasteiger partial charge in [0.25, 0.3) is 0 Å².